The van der Waals surface area contributed by atoms with Gasteiger partial charge in [-0.05, 0) is 63.9 Å². The van der Waals surface area contributed by atoms with Gasteiger partial charge in [-0.15, -0.1) is 0 Å². The Hall–Kier alpha value is -2.01. The fourth-order valence-corrected chi connectivity index (χ4v) is 4.37. The van der Waals surface area contributed by atoms with E-state index >= 15 is 0 Å². The monoisotopic (exact) mass is 484 g/mol. The number of benzene rings is 1. The van der Waals surface area contributed by atoms with Crippen LogP contribution in [0.1, 0.15) is 55.6 Å². The minimum atomic E-state index is -4.02. The van der Waals surface area contributed by atoms with Gasteiger partial charge in [-0.25, -0.2) is 21.7 Å². The van der Waals surface area contributed by atoms with Crippen molar-refractivity contribution in [1.82, 2.24) is 9.61 Å². The molecule has 1 aliphatic rings. The van der Waals surface area contributed by atoms with Crippen molar-refractivity contribution in [3.05, 3.63) is 70.2 Å². The summed E-state index contributed by atoms with van der Waals surface area (Å²) in [5.74, 6) is -1.88. The van der Waals surface area contributed by atoms with E-state index < -0.39 is 32.3 Å². The molecule has 1 aromatic carbocycles. The Morgan fingerprint density at radius 2 is 1.91 bits per heavy atom. The van der Waals surface area contributed by atoms with Crippen LogP contribution in [-0.2, 0) is 10.0 Å². The minimum Gasteiger partial charge on any atom is -0.541 e. The molecule has 33 heavy (non-hydrogen) atoms. The van der Waals surface area contributed by atoms with Gasteiger partial charge in [-0.1, -0.05) is 0 Å². The number of hydrogen-bond acceptors (Lipinski definition) is 5. The van der Waals surface area contributed by atoms with Crippen molar-refractivity contribution >= 4 is 27.1 Å². The number of carbonyl (C=O) groups excluding carboxylic acids is 1. The first-order valence-corrected chi connectivity index (χ1v) is 11.6. The molecule has 0 N–H and O–H groups in total. The first-order chi connectivity index (χ1) is 15.0. The van der Waals surface area contributed by atoms with Crippen LogP contribution >= 0.6 is 0 Å². The third-order valence-corrected chi connectivity index (χ3v) is 7.57. The molecule has 0 unspecified atom stereocenters. The third-order valence-electron chi connectivity index (χ3n) is 5.61. The zero-order valence-corrected chi connectivity index (χ0v) is 21.7. The molecule has 0 bridgehead atoms. The van der Waals surface area contributed by atoms with Gasteiger partial charge in [-0.2, -0.15) is 5.10 Å². The van der Waals surface area contributed by atoms with E-state index in [9.17, 15) is 22.0 Å². The summed E-state index contributed by atoms with van der Waals surface area (Å²) in [4.78, 5) is 14.6. The van der Waals surface area contributed by atoms with Crippen LogP contribution in [0, 0.1) is 11.6 Å². The number of pyridine rings is 1. The molecule has 0 aliphatic carbocycles. The van der Waals surface area contributed by atoms with Crippen molar-refractivity contribution < 1.29 is 51.6 Å². The molecule has 1 atom stereocenters. The van der Waals surface area contributed by atoms with E-state index in [1.165, 1.54) is 37.5 Å². The molecule has 1 aliphatic heterocycles. The zero-order valence-electron chi connectivity index (χ0n) is 18.9. The molecular weight excluding hydrogens is 461 g/mol. The van der Waals surface area contributed by atoms with Gasteiger partial charge in [0.2, 0.25) is 0 Å². The number of aromatic nitrogens is 2. The first-order valence-electron chi connectivity index (χ1n) is 10.2. The second kappa shape index (κ2) is 9.32. The SMILES string of the molecule is CC(C)(C)S(=O)(=O)[N-]C(=O)c1cnn2ccc(N3CCC[C@@H]3c3cc(F)ccc3F)cc12.[Na+]. The Morgan fingerprint density at radius 3 is 2.61 bits per heavy atom. The van der Waals surface area contributed by atoms with E-state index in [4.69, 9.17) is 0 Å². The van der Waals surface area contributed by atoms with Gasteiger partial charge in [0.15, 0.2) is 0 Å². The van der Waals surface area contributed by atoms with Crippen molar-refractivity contribution in [2.45, 2.75) is 44.4 Å². The summed E-state index contributed by atoms with van der Waals surface area (Å²) in [5, 5.41) is 4.12. The van der Waals surface area contributed by atoms with Gasteiger partial charge in [0.05, 0.1) is 28.4 Å². The molecular formula is C22H23F2N4NaO3S. The second-order valence-electron chi connectivity index (χ2n) is 8.77. The average Bonchev–Trinajstić information content (AvgIpc) is 3.35. The standard InChI is InChI=1S/C22H24F2N4O3S.Na/c1-22(2,3)32(30,31)26-21(29)17-13-25-28-10-8-15(12-20(17)28)27-9-4-5-19(27)16-11-14(23)6-7-18(16)24;/h6-8,10-13,19H,4-5,9H2,1-3H3,(H,26,29);/q;+1/p-1/t19-;/m1./s1. The number of nitrogens with zero attached hydrogens (tertiary/aromatic N) is 4. The summed E-state index contributed by atoms with van der Waals surface area (Å²) < 4.78 is 56.6. The summed E-state index contributed by atoms with van der Waals surface area (Å²) in [7, 11) is -4.02. The molecule has 7 nitrogen and oxygen atoms in total. The molecule has 3 aromatic rings. The largest absolute Gasteiger partial charge is 1.00 e. The van der Waals surface area contributed by atoms with Gasteiger partial charge in [0.25, 0.3) is 0 Å². The number of carbonyl (C=O) groups is 1. The predicted molar refractivity (Wildman–Crippen MR) is 117 cm³/mol. The Labute approximate surface area is 213 Å². The van der Waals surface area contributed by atoms with Crippen LogP contribution in [0.2, 0.25) is 0 Å². The number of anilines is 1. The van der Waals surface area contributed by atoms with E-state index in [0.717, 1.165) is 18.6 Å². The van der Waals surface area contributed by atoms with Crippen LogP contribution in [0.15, 0.2) is 42.7 Å². The smallest absolute Gasteiger partial charge is 0.541 e. The van der Waals surface area contributed by atoms with E-state index in [0.29, 0.717) is 24.2 Å². The topological polar surface area (TPSA) is 85.8 Å². The molecule has 2 aromatic heterocycles. The second-order valence-corrected chi connectivity index (χ2v) is 11.1. The summed E-state index contributed by atoms with van der Waals surface area (Å²) >= 11 is 0. The molecule has 11 heteroatoms. The summed E-state index contributed by atoms with van der Waals surface area (Å²) in [6.07, 6.45) is 4.35. The molecule has 1 saturated heterocycles. The van der Waals surface area contributed by atoms with E-state index in [1.807, 2.05) is 4.90 Å². The van der Waals surface area contributed by atoms with Gasteiger partial charge < -0.3 is 14.4 Å². The fourth-order valence-electron chi connectivity index (χ4n) is 3.78. The number of sulfonamides is 1. The van der Waals surface area contributed by atoms with Crippen LogP contribution in [0.3, 0.4) is 0 Å². The number of hydrogen-bond donors (Lipinski definition) is 0. The van der Waals surface area contributed by atoms with Crippen molar-refractivity contribution in [3.8, 4) is 0 Å². The maximum absolute atomic E-state index is 14.4. The number of fused-ring (bicyclic) bond motifs is 1. The van der Waals surface area contributed by atoms with Crippen molar-refractivity contribution in [3.63, 3.8) is 0 Å². The number of rotatable bonds is 4. The summed E-state index contributed by atoms with van der Waals surface area (Å²) in [6.45, 7) is 5.02. The molecule has 1 fully saturated rings. The maximum atomic E-state index is 14.4. The molecule has 4 rings (SSSR count). The average molecular weight is 485 g/mol. The Bertz CT molecular complexity index is 1300. The first kappa shape index (κ1) is 25.6. The maximum Gasteiger partial charge on any atom is 1.00 e. The molecule has 1 amide bonds. The molecule has 0 spiro atoms. The molecule has 170 valence electrons. The van der Waals surface area contributed by atoms with E-state index in [2.05, 4.69) is 9.82 Å². The van der Waals surface area contributed by atoms with Crippen LogP contribution in [-0.4, -0.2) is 35.2 Å². The van der Waals surface area contributed by atoms with Gasteiger partial charge >= 0.3 is 29.6 Å². The van der Waals surface area contributed by atoms with Gasteiger partial charge in [0.1, 0.15) is 21.7 Å². The third kappa shape index (κ3) is 4.94. The van der Waals surface area contributed by atoms with Crippen LogP contribution in [0.5, 0.6) is 0 Å². The normalized spacial score (nSPS) is 16.6. The Morgan fingerprint density at radius 1 is 1.18 bits per heavy atom. The molecule has 3 heterocycles. The zero-order chi connectivity index (χ0) is 23.3. The van der Waals surface area contributed by atoms with Crippen LogP contribution in [0.25, 0.3) is 10.2 Å². The Kier molecular flexibility index (Phi) is 7.24. The van der Waals surface area contributed by atoms with Crippen LogP contribution in [0.4, 0.5) is 14.5 Å². The fraction of sp³-hybridized carbons (Fsp3) is 0.364. The van der Waals surface area contributed by atoms with Gasteiger partial charge in [0, 0.05) is 29.6 Å². The van der Waals surface area contributed by atoms with Crippen molar-refractivity contribution in [2.75, 3.05) is 11.4 Å². The predicted octanol–water partition coefficient (Wildman–Crippen LogP) is 1.60. The van der Waals surface area contributed by atoms with E-state index in [1.54, 1.807) is 18.3 Å². The van der Waals surface area contributed by atoms with Crippen LogP contribution < -0.4 is 34.5 Å². The molecule has 0 saturated carbocycles. The van der Waals surface area contributed by atoms with Crippen molar-refractivity contribution in [2.24, 2.45) is 0 Å². The Balaban J connectivity index is 0.00000306. The number of amides is 1. The van der Waals surface area contributed by atoms with Crippen molar-refractivity contribution in [1.29, 1.82) is 0 Å². The molecule has 0 radical (unpaired) electrons. The minimum absolute atomic E-state index is 0. The quantitative estimate of drug-likeness (QED) is 0.526. The van der Waals surface area contributed by atoms with E-state index in [-0.39, 0.29) is 46.7 Å². The van der Waals surface area contributed by atoms with Gasteiger partial charge in [-0.3, -0.25) is 0 Å². The number of halogens is 2. The summed E-state index contributed by atoms with van der Waals surface area (Å²) in [6, 6.07) is 6.52. The summed E-state index contributed by atoms with van der Waals surface area (Å²) in [5.41, 5.74) is 1.40.